The largest absolute Gasteiger partial charge is 0.381 e. The standard InChI is InChI=1S/C17H16O/c1-3-7-15-13(5-1)14-6-2-4-8-16(14)17(15)9-11-18-12-10-17/h1-8H,9-12H2. The Kier molecular flexibility index (Phi) is 2.12. The summed E-state index contributed by atoms with van der Waals surface area (Å²) in [6.45, 7) is 1.76. The van der Waals surface area contributed by atoms with Gasteiger partial charge in [-0.2, -0.15) is 0 Å². The van der Waals surface area contributed by atoms with E-state index >= 15 is 0 Å². The Hall–Kier alpha value is -1.60. The molecular formula is C17H16O. The number of ether oxygens (including phenoxy) is 1. The third-order valence-electron chi connectivity index (χ3n) is 4.52. The van der Waals surface area contributed by atoms with Crippen LogP contribution in [0.3, 0.4) is 0 Å². The van der Waals surface area contributed by atoms with Crippen molar-refractivity contribution in [3.63, 3.8) is 0 Å². The average molecular weight is 236 g/mol. The Labute approximate surface area is 107 Å². The molecule has 2 aromatic carbocycles. The molecule has 0 atom stereocenters. The zero-order valence-electron chi connectivity index (χ0n) is 10.4. The van der Waals surface area contributed by atoms with Crippen LogP contribution in [0.15, 0.2) is 48.5 Å². The van der Waals surface area contributed by atoms with Gasteiger partial charge in [-0.15, -0.1) is 0 Å². The molecule has 4 rings (SSSR count). The molecule has 0 bridgehead atoms. The summed E-state index contributed by atoms with van der Waals surface area (Å²) in [7, 11) is 0. The predicted molar refractivity (Wildman–Crippen MR) is 72.7 cm³/mol. The van der Waals surface area contributed by atoms with Crippen molar-refractivity contribution in [2.75, 3.05) is 13.2 Å². The smallest absolute Gasteiger partial charge is 0.0477 e. The van der Waals surface area contributed by atoms with Gasteiger partial charge in [0.2, 0.25) is 0 Å². The van der Waals surface area contributed by atoms with Crippen molar-refractivity contribution in [1.29, 1.82) is 0 Å². The minimum atomic E-state index is 0.214. The zero-order valence-corrected chi connectivity index (χ0v) is 10.4. The van der Waals surface area contributed by atoms with Gasteiger partial charge in [0.1, 0.15) is 0 Å². The molecule has 1 saturated heterocycles. The first kappa shape index (κ1) is 10.3. The highest BCUT2D eigenvalue weighted by Crippen LogP contribution is 2.53. The molecule has 2 aliphatic rings. The summed E-state index contributed by atoms with van der Waals surface area (Å²) in [6.07, 6.45) is 2.22. The molecule has 0 radical (unpaired) electrons. The maximum atomic E-state index is 5.59. The van der Waals surface area contributed by atoms with Crippen LogP contribution in [0.5, 0.6) is 0 Å². The topological polar surface area (TPSA) is 9.23 Å². The summed E-state index contributed by atoms with van der Waals surface area (Å²) < 4.78 is 5.59. The first-order valence-corrected chi connectivity index (χ1v) is 6.69. The van der Waals surface area contributed by atoms with Gasteiger partial charge >= 0.3 is 0 Å². The predicted octanol–water partition coefficient (Wildman–Crippen LogP) is 3.76. The molecule has 2 aromatic rings. The van der Waals surface area contributed by atoms with Gasteiger partial charge in [-0.05, 0) is 35.1 Å². The van der Waals surface area contributed by atoms with Crippen molar-refractivity contribution in [2.24, 2.45) is 0 Å². The highest BCUT2D eigenvalue weighted by molar-refractivity contribution is 5.81. The maximum absolute atomic E-state index is 5.59. The van der Waals surface area contributed by atoms with Gasteiger partial charge in [0, 0.05) is 18.6 Å². The molecule has 18 heavy (non-hydrogen) atoms. The fourth-order valence-corrected chi connectivity index (χ4v) is 3.67. The highest BCUT2D eigenvalue weighted by atomic mass is 16.5. The molecule has 0 N–H and O–H groups in total. The van der Waals surface area contributed by atoms with Gasteiger partial charge in [0.25, 0.3) is 0 Å². The molecule has 1 heterocycles. The van der Waals surface area contributed by atoms with E-state index < -0.39 is 0 Å². The summed E-state index contributed by atoms with van der Waals surface area (Å²) in [5.74, 6) is 0. The van der Waals surface area contributed by atoms with Crippen LogP contribution in [0.4, 0.5) is 0 Å². The average Bonchev–Trinajstić information content (AvgIpc) is 2.72. The molecule has 90 valence electrons. The SMILES string of the molecule is c1ccc2c(c1)-c1ccccc1C21CCOCC1. The molecule has 0 aromatic heterocycles. The van der Waals surface area contributed by atoms with Crippen molar-refractivity contribution >= 4 is 0 Å². The molecule has 1 nitrogen and oxygen atoms in total. The normalized spacial score (nSPS) is 19.6. The summed E-state index contributed by atoms with van der Waals surface area (Å²) >= 11 is 0. The summed E-state index contributed by atoms with van der Waals surface area (Å²) in [5, 5.41) is 0. The van der Waals surface area contributed by atoms with Gasteiger partial charge in [-0.3, -0.25) is 0 Å². The second-order valence-electron chi connectivity index (χ2n) is 5.29. The molecule has 1 aliphatic carbocycles. The van der Waals surface area contributed by atoms with E-state index in [1.807, 2.05) is 0 Å². The van der Waals surface area contributed by atoms with Gasteiger partial charge in [-0.25, -0.2) is 0 Å². The lowest BCUT2D eigenvalue weighted by molar-refractivity contribution is 0.0644. The minimum Gasteiger partial charge on any atom is -0.381 e. The molecular weight excluding hydrogens is 220 g/mol. The lowest BCUT2D eigenvalue weighted by Crippen LogP contribution is -2.33. The van der Waals surface area contributed by atoms with Crippen LogP contribution in [0.1, 0.15) is 24.0 Å². The Morgan fingerprint density at radius 1 is 0.722 bits per heavy atom. The lowest BCUT2D eigenvalue weighted by Gasteiger charge is -2.35. The number of benzene rings is 2. The first-order chi connectivity index (χ1) is 8.92. The second kappa shape index (κ2) is 3.69. The van der Waals surface area contributed by atoms with Crippen LogP contribution in [0.25, 0.3) is 11.1 Å². The van der Waals surface area contributed by atoms with Crippen LogP contribution >= 0.6 is 0 Å². The minimum absolute atomic E-state index is 0.214. The van der Waals surface area contributed by atoms with Crippen LogP contribution in [-0.4, -0.2) is 13.2 Å². The van der Waals surface area contributed by atoms with E-state index in [0.29, 0.717) is 0 Å². The highest BCUT2D eigenvalue weighted by Gasteiger charge is 2.43. The van der Waals surface area contributed by atoms with Crippen molar-refractivity contribution in [1.82, 2.24) is 0 Å². The van der Waals surface area contributed by atoms with Gasteiger partial charge < -0.3 is 4.74 Å². The molecule has 1 spiro atoms. The molecule has 0 unspecified atom stereocenters. The molecule has 1 fully saturated rings. The van der Waals surface area contributed by atoms with E-state index in [1.54, 1.807) is 0 Å². The third-order valence-corrected chi connectivity index (χ3v) is 4.52. The van der Waals surface area contributed by atoms with E-state index in [0.717, 1.165) is 26.1 Å². The Balaban J connectivity index is 2.03. The van der Waals surface area contributed by atoms with Gasteiger partial charge in [-0.1, -0.05) is 48.5 Å². The van der Waals surface area contributed by atoms with E-state index in [9.17, 15) is 0 Å². The number of rotatable bonds is 0. The maximum Gasteiger partial charge on any atom is 0.0477 e. The number of hydrogen-bond donors (Lipinski definition) is 0. The quantitative estimate of drug-likeness (QED) is 0.676. The summed E-state index contributed by atoms with van der Waals surface area (Å²) in [6, 6.07) is 17.8. The van der Waals surface area contributed by atoms with Crippen LogP contribution in [0, 0.1) is 0 Å². The molecule has 1 aliphatic heterocycles. The second-order valence-corrected chi connectivity index (χ2v) is 5.29. The first-order valence-electron chi connectivity index (χ1n) is 6.69. The van der Waals surface area contributed by atoms with Gasteiger partial charge in [0.05, 0.1) is 0 Å². The third kappa shape index (κ3) is 1.20. The fourth-order valence-electron chi connectivity index (χ4n) is 3.67. The van der Waals surface area contributed by atoms with E-state index in [1.165, 1.54) is 22.3 Å². The number of fused-ring (bicyclic) bond motifs is 5. The molecule has 0 saturated carbocycles. The van der Waals surface area contributed by atoms with Crippen LogP contribution < -0.4 is 0 Å². The molecule has 0 amide bonds. The van der Waals surface area contributed by atoms with Crippen molar-refractivity contribution in [3.05, 3.63) is 59.7 Å². The Morgan fingerprint density at radius 2 is 1.22 bits per heavy atom. The van der Waals surface area contributed by atoms with Crippen LogP contribution in [-0.2, 0) is 10.2 Å². The van der Waals surface area contributed by atoms with Crippen LogP contribution in [0.2, 0.25) is 0 Å². The van der Waals surface area contributed by atoms with Crippen molar-refractivity contribution < 1.29 is 4.74 Å². The van der Waals surface area contributed by atoms with Gasteiger partial charge in [0.15, 0.2) is 0 Å². The Morgan fingerprint density at radius 3 is 1.78 bits per heavy atom. The van der Waals surface area contributed by atoms with Crippen molar-refractivity contribution in [2.45, 2.75) is 18.3 Å². The van der Waals surface area contributed by atoms with E-state index in [-0.39, 0.29) is 5.41 Å². The summed E-state index contributed by atoms with van der Waals surface area (Å²) in [5.41, 5.74) is 6.08. The lowest BCUT2D eigenvalue weighted by atomic mass is 9.72. The van der Waals surface area contributed by atoms with E-state index in [2.05, 4.69) is 48.5 Å². The Bertz CT molecular complexity index is 547. The fraction of sp³-hybridized carbons (Fsp3) is 0.294. The van der Waals surface area contributed by atoms with E-state index in [4.69, 9.17) is 4.74 Å². The number of hydrogen-bond acceptors (Lipinski definition) is 1. The van der Waals surface area contributed by atoms with Crippen molar-refractivity contribution in [3.8, 4) is 11.1 Å². The molecule has 1 heteroatoms. The zero-order chi connectivity index (χ0) is 12.0. The monoisotopic (exact) mass is 236 g/mol. The summed E-state index contributed by atoms with van der Waals surface area (Å²) in [4.78, 5) is 0.